The number of benzene rings is 1. The molecule has 0 aliphatic rings. The molecule has 1 nitrogen and oxygen atoms in total. The van der Waals surface area contributed by atoms with Gasteiger partial charge in [0, 0.05) is 0 Å². The van der Waals surface area contributed by atoms with E-state index in [2.05, 4.69) is 17.0 Å². The van der Waals surface area contributed by atoms with Gasteiger partial charge in [-0.3, -0.25) is 0 Å². The van der Waals surface area contributed by atoms with Crippen molar-refractivity contribution in [2.45, 2.75) is 6.92 Å². The molecule has 0 unspecified atom stereocenters. The van der Waals surface area contributed by atoms with Crippen molar-refractivity contribution in [2.75, 3.05) is 0 Å². The zero-order valence-corrected chi connectivity index (χ0v) is 8.72. The van der Waals surface area contributed by atoms with Gasteiger partial charge in [0.15, 0.2) is 0 Å². The van der Waals surface area contributed by atoms with Crippen LogP contribution in [0.5, 0.6) is 0 Å². The molecule has 72 valence electrons. The zero-order chi connectivity index (χ0) is 10.5. The summed E-state index contributed by atoms with van der Waals surface area (Å²) in [7, 11) is 1.84. The molecule has 0 aliphatic carbocycles. The molecule has 1 aromatic heterocycles. The van der Waals surface area contributed by atoms with Crippen molar-refractivity contribution in [1.82, 2.24) is 4.89 Å². The molecule has 2 heteroatoms. The van der Waals surface area contributed by atoms with Gasteiger partial charge in [-0.05, 0) is 0 Å². The van der Waals surface area contributed by atoms with Gasteiger partial charge in [-0.25, -0.2) is 0 Å². The van der Waals surface area contributed by atoms with Crippen LogP contribution in [0.15, 0.2) is 48.5 Å². The monoisotopic (exact) mass is 193 g/mol. The van der Waals surface area contributed by atoms with Gasteiger partial charge < -0.3 is 0 Å². The molecule has 0 amide bonds. The van der Waals surface area contributed by atoms with E-state index in [0.717, 1.165) is 5.69 Å². The summed E-state index contributed by atoms with van der Waals surface area (Å²) in [5.74, 6) is 2.03. The number of hydrogen-bond acceptors (Lipinski definition) is 1. The van der Waals surface area contributed by atoms with Crippen LogP contribution in [0.2, 0.25) is 0 Å². The third kappa shape index (κ3) is 2.21. The van der Waals surface area contributed by atoms with Crippen LogP contribution < -0.4 is 0 Å². The Morgan fingerprint density at radius 1 is 1.20 bits per heavy atom. The molecule has 0 bridgehead atoms. The first kappa shape index (κ1) is 9.84. The van der Waals surface area contributed by atoms with Crippen molar-refractivity contribution < 1.29 is 0 Å². The Hall–Kier alpha value is -1.70. The zero-order valence-electron chi connectivity index (χ0n) is 8.72. The van der Waals surface area contributed by atoms with Crippen molar-refractivity contribution >= 4 is 23.9 Å². The standard InChI is InChI=1S/C13H12BN/c1-2-3-4-9-13-12-8-6-5-7-11(12)10-14-15-13/h2-10H,1H3/b3-2-,9-4-. The molecule has 0 radical (unpaired) electrons. The number of hydrogen-bond donors (Lipinski definition) is 0. The van der Waals surface area contributed by atoms with Gasteiger partial charge in [0.05, 0.1) is 0 Å². The summed E-state index contributed by atoms with van der Waals surface area (Å²) in [4.78, 5) is 4.36. The van der Waals surface area contributed by atoms with Crippen LogP contribution in [-0.2, 0) is 0 Å². The van der Waals surface area contributed by atoms with Crippen LogP contribution in [0.25, 0.3) is 16.8 Å². The van der Waals surface area contributed by atoms with Gasteiger partial charge >= 0.3 is 89.9 Å². The predicted octanol–water partition coefficient (Wildman–Crippen LogP) is 3.16. The Labute approximate surface area is 90.4 Å². The first-order valence-corrected chi connectivity index (χ1v) is 5.05. The quantitative estimate of drug-likeness (QED) is 0.667. The minimum absolute atomic E-state index is 1.02. The molecule has 2 rings (SSSR count). The van der Waals surface area contributed by atoms with E-state index in [1.807, 2.05) is 56.4 Å². The second kappa shape index (κ2) is 4.69. The molecule has 0 spiro atoms. The molecule has 0 saturated heterocycles. The van der Waals surface area contributed by atoms with Crippen molar-refractivity contribution in [3.05, 3.63) is 54.1 Å². The van der Waals surface area contributed by atoms with Crippen LogP contribution in [0.3, 0.4) is 0 Å². The number of fused-ring (bicyclic) bond motifs is 1. The normalized spacial score (nSPS) is 11.5. The second-order valence-corrected chi connectivity index (χ2v) is 3.30. The second-order valence-electron chi connectivity index (χ2n) is 3.30. The van der Waals surface area contributed by atoms with Gasteiger partial charge in [0.2, 0.25) is 0 Å². The van der Waals surface area contributed by atoms with E-state index in [9.17, 15) is 0 Å². The van der Waals surface area contributed by atoms with Crippen LogP contribution in [0.1, 0.15) is 12.6 Å². The number of allylic oxidation sites excluding steroid dienone is 3. The average molecular weight is 193 g/mol. The van der Waals surface area contributed by atoms with E-state index >= 15 is 0 Å². The van der Waals surface area contributed by atoms with Gasteiger partial charge in [0.25, 0.3) is 0 Å². The summed E-state index contributed by atoms with van der Waals surface area (Å²) in [6, 6.07) is 8.28. The Balaban J connectivity index is 2.51. The van der Waals surface area contributed by atoms with Gasteiger partial charge in [-0.15, -0.1) is 0 Å². The van der Waals surface area contributed by atoms with Crippen LogP contribution in [-0.4, -0.2) is 11.9 Å². The fourth-order valence-corrected chi connectivity index (χ4v) is 1.53. The van der Waals surface area contributed by atoms with Gasteiger partial charge in [0.1, 0.15) is 0 Å². The average Bonchev–Trinajstić information content (AvgIpc) is 2.30. The molecule has 0 saturated carbocycles. The van der Waals surface area contributed by atoms with Crippen molar-refractivity contribution in [2.24, 2.45) is 0 Å². The first-order chi connectivity index (χ1) is 7.42. The molecule has 2 aromatic rings. The molecule has 0 atom stereocenters. The van der Waals surface area contributed by atoms with Gasteiger partial charge in [-0.2, -0.15) is 0 Å². The van der Waals surface area contributed by atoms with Crippen molar-refractivity contribution in [3.63, 3.8) is 0 Å². The molecule has 1 heterocycles. The topological polar surface area (TPSA) is 12.9 Å². The summed E-state index contributed by atoms with van der Waals surface area (Å²) >= 11 is 0. The molecule has 0 N–H and O–H groups in total. The Bertz CT molecular complexity index is 509. The van der Waals surface area contributed by atoms with E-state index < -0.39 is 0 Å². The maximum atomic E-state index is 4.36. The van der Waals surface area contributed by atoms with Gasteiger partial charge in [-0.1, -0.05) is 0 Å². The molecular formula is C13H12BN. The van der Waals surface area contributed by atoms with Crippen molar-refractivity contribution in [3.8, 4) is 0 Å². The number of nitrogens with zero attached hydrogens (tertiary/aromatic N) is 1. The van der Waals surface area contributed by atoms with E-state index in [-0.39, 0.29) is 0 Å². The van der Waals surface area contributed by atoms with Crippen LogP contribution in [0.4, 0.5) is 0 Å². The summed E-state index contributed by atoms with van der Waals surface area (Å²) in [5, 5.41) is 2.42. The summed E-state index contributed by atoms with van der Waals surface area (Å²) in [5.41, 5.74) is 1.02. The minimum atomic E-state index is 1.02. The van der Waals surface area contributed by atoms with E-state index in [1.54, 1.807) is 0 Å². The third-order valence-electron chi connectivity index (χ3n) is 2.26. The molecule has 0 aliphatic heterocycles. The SMILES string of the molecule is C/C=C\C=C/c1nbcc2ccccc12. The first-order valence-electron chi connectivity index (χ1n) is 5.05. The summed E-state index contributed by atoms with van der Waals surface area (Å²) in [6.07, 6.45) is 8.04. The molecule has 15 heavy (non-hydrogen) atoms. The van der Waals surface area contributed by atoms with E-state index in [4.69, 9.17) is 0 Å². The number of aromatic nitrogens is 1. The summed E-state index contributed by atoms with van der Waals surface area (Å²) < 4.78 is 0. The van der Waals surface area contributed by atoms with E-state index in [1.165, 1.54) is 10.8 Å². The Kier molecular flexibility index (Phi) is 3.08. The fraction of sp³-hybridized carbons (Fsp3) is 0.0769. The van der Waals surface area contributed by atoms with Crippen LogP contribution in [0, 0.1) is 0 Å². The maximum absolute atomic E-state index is 4.36. The summed E-state index contributed by atoms with van der Waals surface area (Å²) in [6.45, 7) is 2.00. The number of rotatable bonds is 2. The fourth-order valence-electron chi connectivity index (χ4n) is 1.53. The molecule has 1 aromatic carbocycles. The Morgan fingerprint density at radius 3 is 2.93 bits per heavy atom. The Morgan fingerprint density at radius 2 is 2.07 bits per heavy atom. The predicted molar refractivity (Wildman–Crippen MR) is 66.9 cm³/mol. The van der Waals surface area contributed by atoms with Crippen molar-refractivity contribution in [1.29, 1.82) is 0 Å². The molecule has 0 fully saturated rings. The van der Waals surface area contributed by atoms with E-state index in [0.29, 0.717) is 0 Å². The van der Waals surface area contributed by atoms with Crippen LogP contribution >= 0.6 is 0 Å². The third-order valence-corrected chi connectivity index (χ3v) is 2.26. The molecular weight excluding hydrogens is 181 g/mol.